The molecule has 3 heterocycles. The molecule has 7 heteroatoms. The maximum atomic E-state index is 12.5. The summed E-state index contributed by atoms with van der Waals surface area (Å²) in [4.78, 5) is 27.0. The molecule has 5 nitrogen and oxygen atoms in total. The highest BCUT2D eigenvalue weighted by atomic mass is 35.5. The van der Waals surface area contributed by atoms with Crippen molar-refractivity contribution in [3.63, 3.8) is 0 Å². The van der Waals surface area contributed by atoms with Crippen LogP contribution in [0.2, 0.25) is 4.34 Å². The van der Waals surface area contributed by atoms with Gasteiger partial charge in [0.25, 0.3) is 5.91 Å². The summed E-state index contributed by atoms with van der Waals surface area (Å²) in [5.41, 5.74) is 1.21. The highest BCUT2D eigenvalue weighted by molar-refractivity contribution is 7.15. The van der Waals surface area contributed by atoms with E-state index in [2.05, 4.69) is 21.9 Å². The molecule has 0 radical (unpaired) electrons. The number of hydrogen-bond acceptors (Lipinski definition) is 5. The molecule has 22 heavy (non-hydrogen) atoms. The zero-order valence-electron chi connectivity index (χ0n) is 12.5. The van der Waals surface area contributed by atoms with Gasteiger partial charge >= 0.3 is 0 Å². The lowest BCUT2D eigenvalue weighted by atomic mass is 9.81. The normalized spacial score (nSPS) is 17.5. The Balaban J connectivity index is 1.68. The second-order valence-electron chi connectivity index (χ2n) is 5.87. The maximum Gasteiger partial charge on any atom is 0.274 e. The van der Waals surface area contributed by atoms with Crippen LogP contribution < -0.4 is 0 Å². The van der Waals surface area contributed by atoms with Gasteiger partial charge in [-0.05, 0) is 19.8 Å². The predicted molar refractivity (Wildman–Crippen MR) is 86.4 cm³/mol. The monoisotopic (exact) mass is 336 g/mol. The van der Waals surface area contributed by atoms with Crippen LogP contribution in [0.3, 0.4) is 0 Å². The van der Waals surface area contributed by atoms with Gasteiger partial charge in [-0.3, -0.25) is 9.78 Å². The summed E-state index contributed by atoms with van der Waals surface area (Å²) in [6.45, 7) is 5.44. The molecule has 2 aromatic heterocycles. The highest BCUT2D eigenvalue weighted by Crippen LogP contribution is 2.38. The first-order chi connectivity index (χ1) is 10.5. The van der Waals surface area contributed by atoms with Gasteiger partial charge in [0.2, 0.25) is 0 Å². The topological polar surface area (TPSA) is 59.0 Å². The van der Waals surface area contributed by atoms with Crippen LogP contribution in [-0.4, -0.2) is 38.8 Å². The molecule has 0 unspecified atom stereocenters. The molecular weight excluding hydrogens is 320 g/mol. The van der Waals surface area contributed by atoms with Crippen LogP contribution >= 0.6 is 22.9 Å². The molecule has 1 aliphatic rings. The molecule has 3 rings (SSSR count). The molecule has 0 saturated carbocycles. The highest BCUT2D eigenvalue weighted by Gasteiger charge is 2.36. The number of hydrogen-bond donors (Lipinski definition) is 0. The number of halogens is 1. The minimum Gasteiger partial charge on any atom is -0.337 e. The van der Waals surface area contributed by atoms with Crippen LogP contribution in [0.4, 0.5) is 0 Å². The largest absolute Gasteiger partial charge is 0.337 e. The van der Waals surface area contributed by atoms with E-state index in [1.807, 2.05) is 11.8 Å². The van der Waals surface area contributed by atoms with Crippen molar-refractivity contribution in [3.05, 3.63) is 39.3 Å². The summed E-state index contributed by atoms with van der Waals surface area (Å²) in [5.74, 6) is -0.0493. The molecule has 116 valence electrons. The predicted octanol–water partition coefficient (Wildman–Crippen LogP) is 3.09. The Hall–Kier alpha value is -1.53. The van der Waals surface area contributed by atoms with Gasteiger partial charge in [-0.1, -0.05) is 18.5 Å². The standard InChI is InChI=1S/C15H17ClN4OS/c1-10-7-18-11(8-17-10)13(21)20-5-3-15(2,4-6-20)14-19-9-12(16)22-14/h7-9H,3-6H2,1-2H3. The van der Waals surface area contributed by atoms with Gasteiger partial charge in [-0.2, -0.15) is 0 Å². The minimum atomic E-state index is -0.0493. The quantitative estimate of drug-likeness (QED) is 0.845. The molecular formula is C15H17ClN4OS. The number of rotatable bonds is 2. The Bertz CT molecular complexity index is 677. The zero-order chi connectivity index (χ0) is 15.7. The fourth-order valence-electron chi connectivity index (χ4n) is 2.62. The van der Waals surface area contributed by atoms with Crippen molar-refractivity contribution in [1.29, 1.82) is 0 Å². The summed E-state index contributed by atoms with van der Waals surface area (Å²) in [6.07, 6.45) is 6.63. The molecule has 0 N–H and O–H groups in total. The Morgan fingerprint density at radius 3 is 2.50 bits per heavy atom. The van der Waals surface area contributed by atoms with E-state index in [0.29, 0.717) is 23.1 Å². The van der Waals surface area contributed by atoms with E-state index in [1.54, 1.807) is 18.6 Å². The van der Waals surface area contributed by atoms with E-state index in [-0.39, 0.29) is 11.3 Å². The maximum absolute atomic E-state index is 12.5. The smallest absolute Gasteiger partial charge is 0.274 e. The number of aromatic nitrogens is 3. The number of nitrogens with zero attached hydrogens (tertiary/aromatic N) is 4. The SMILES string of the molecule is Cc1cnc(C(=O)N2CCC(C)(c3ncc(Cl)s3)CC2)cn1. The van der Waals surface area contributed by atoms with E-state index >= 15 is 0 Å². The van der Waals surface area contributed by atoms with Crippen molar-refractivity contribution in [1.82, 2.24) is 19.9 Å². The Labute approximate surface area is 138 Å². The average Bonchev–Trinajstić information content (AvgIpc) is 2.96. The van der Waals surface area contributed by atoms with Crippen LogP contribution in [0.15, 0.2) is 18.6 Å². The van der Waals surface area contributed by atoms with E-state index < -0.39 is 0 Å². The Morgan fingerprint density at radius 2 is 1.95 bits per heavy atom. The van der Waals surface area contributed by atoms with Gasteiger partial charge in [-0.25, -0.2) is 9.97 Å². The molecule has 0 atom stereocenters. The summed E-state index contributed by atoms with van der Waals surface area (Å²) in [7, 11) is 0. The summed E-state index contributed by atoms with van der Waals surface area (Å²) in [6, 6.07) is 0. The molecule has 0 aromatic carbocycles. The van der Waals surface area contributed by atoms with Gasteiger partial charge in [0, 0.05) is 24.7 Å². The number of aryl methyl sites for hydroxylation is 1. The number of piperidine rings is 1. The van der Waals surface area contributed by atoms with Crippen LogP contribution in [0.5, 0.6) is 0 Å². The molecule has 0 spiro atoms. The second-order valence-corrected chi connectivity index (χ2v) is 7.53. The van der Waals surface area contributed by atoms with Crippen molar-refractivity contribution in [2.24, 2.45) is 0 Å². The van der Waals surface area contributed by atoms with Crippen molar-refractivity contribution < 1.29 is 4.79 Å². The first kappa shape index (κ1) is 15.4. The molecule has 1 fully saturated rings. The molecule has 1 amide bonds. The second kappa shape index (κ2) is 5.93. The third kappa shape index (κ3) is 2.98. The van der Waals surface area contributed by atoms with E-state index in [9.17, 15) is 4.79 Å². The van der Waals surface area contributed by atoms with Crippen molar-refractivity contribution in [2.75, 3.05) is 13.1 Å². The van der Waals surface area contributed by atoms with E-state index in [0.717, 1.165) is 23.5 Å². The third-order valence-corrected chi connectivity index (χ3v) is 5.57. The fourth-order valence-corrected chi connectivity index (χ4v) is 3.73. The zero-order valence-corrected chi connectivity index (χ0v) is 14.1. The molecule has 1 saturated heterocycles. The number of carbonyl (C=O) groups is 1. The average molecular weight is 337 g/mol. The number of amides is 1. The Morgan fingerprint density at radius 1 is 1.23 bits per heavy atom. The summed E-state index contributed by atoms with van der Waals surface area (Å²) < 4.78 is 0.713. The van der Waals surface area contributed by atoms with Crippen molar-refractivity contribution >= 4 is 28.8 Å². The van der Waals surface area contributed by atoms with Crippen molar-refractivity contribution in [2.45, 2.75) is 32.1 Å². The van der Waals surface area contributed by atoms with Crippen molar-refractivity contribution in [3.8, 4) is 0 Å². The minimum absolute atomic E-state index is 0.00641. The van der Waals surface area contributed by atoms with Gasteiger partial charge in [0.15, 0.2) is 0 Å². The number of carbonyl (C=O) groups excluding carboxylic acids is 1. The van der Waals surface area contributed by atoms with Gasteiger partial charge < -0.3 is 4.90 Å². The molecule has 0 bridgehead atoms. The fraction of sp³-hybridized carbons (Fsp3) is 0.467. The van der Waals surface area contributed by atoms with Gasteiger partial charge in [-0.15, -0.1) is 11.3 Å². The molecule has 0 aliphatic carbocycles. The van der Waals surface area contributed by atoms with Gasteiger partial charge in [0.1, 0.15) is 15.0 Å². The van der Waals surface area contributed by atoms with Gasteiger partial charge in [0.05, 0.1) is 18.1 Å². The molecule has 1 aliphatic heterocycles. The number of thiazole rings is 1. The van der Waals surface area contributed by atoms with Crippen LogP contribution in [0.1, 0.15) is 41.0 Å². The number of likely N-dealkylation sites (tertiary alicyclic amines) is 1. The van der Waals surface area contributed by atoms with Crippen LogP contribution in [0, 0.1) is 6.92 Å². The third-order valence-electron chi connectivity index (χ3n) is 4.15. The summed E-state index contributed by atoms with van der Waals surface area (Å²) in [5, 5.41) is 1.06. The Kier molecular flexibility index (Phi) is 4.14. The lowest BCUT2D eigenvalue weighted by molar-refractivity contribution is 0.0669. The van der Waals surface area contributed by atoms with Crippen LogP contribution in [0.25, 0.3) is 0 Å². The van der Waals surface area contributed by atoms with E-state index in [4.69, 9.17) is 11.6 Å². The first-order valence-electron chi connectivity index (χ1n) is 7.18. The van der Waals surface area contributed by atoms with E-state index in [1.165, 1.54) is 11.3 Å². The summed E-state index contributed by atoms with van der Waals surface area (Å²) >= 11 is 7.52. The lowest BCUT2D eigenvalue weighted by Gasteiger charge is -2.37. The lowest BCUT2D eigenvalue weighted by Crippen LogP contribution is -2.44. The first-order valence-corrected chi connectivity index (χ1v) is 8.37. The van der Waals surface area contributed by atoms with Crippen LogP contribution in [-0.2, 0) is 5.41 Å². The molecule has 2 aromatic rings.